The van der Waals surface area contributed by atoms with E-state index in [-0.39, 0.29) is 18.2 Å². The smallest absolute Gasteiger partial charge is 0.315 e. The van der Waals surface area contributed by atoms with Crippen molar-refractivity contribution in [3.8, 4) is 0 Å². The molecule has 2 saturated carbocycles. The van der Waals surface area contributed by atoms with E-state index >= 15 is 0 Å². The van der Waals surface area contributed by atoms with Crippen molar-refractivity contribution in [3.05, 3.63) is 35.9 Å². The van der Waals surface area contributed by atoms with Crippen molar-refractivity contribution in [2.24, 2.45) is 5.92 Å². The van der Waals surface area contributed by atoms with Crippen LogP contribution in [0.2, 0.25) is 0 Å². The number of aliphatic hydroxyl groups is 1. The Kier molecular flexibility index (Phi) is 4.44. The summed E-state index contributed by atoms with van der Waals surface area (Å²) in [5.41, 5.74) is 1.38. The first kappa shape index (κ1) is 14.4. The molecule has 2 unspecified atom stereocenters. The van der Waals surface area contributed by atoms with Crippen molar-refractivity contribution in [2.75, 3.05) is 6.54 Å². The fraction of sp³-hybridized carbons (Fsp3) is 0.588. The van der Waals surface area contributed by atoms with Crippen LogP contribution in [0.15, 0.2) is 30.3 Å². The second-order valence-electron chi connectivity index (χ2n) is 6.37. The van der Waals surface area contributed by atoms with Crippen molar-refractivity contribution >= 4 is 6.03 Å². The lowest BCUT2D eigenvalue weighted by Gasteiger charge is -2.26. The summed E-state index contributed by atoms with van der Waals surface area (Å²) in [6.45, 7) is 0.751. The van der Waals surface area contributed by atoms with Crippen molar-refractivity contribution in [3.63, 3.8) is 0 Å². The van der Waals surface area contributed by atoms with Crippen LogP contribution in [0.25, 0.3) is 0 Å². The van der Waals surface area contributed by atoms with Gasteiger partial charge in [0.15, 0.2) is 0 Å². The Balaban J connectivity index is 1.36. The third-order valence-electron chi connectivity index (χ3n) is 4.71. The van der Waals surface area contributed by atoms with Gasteiger partial charge in [-0.15, -0.1) is 0 Å². The predicted molar refractivity (Wildman–Crippen MR) is 82.1 cm³/mol. The molecule has 2 aliphatic rings. The minimum absolute atomic E-state index is 0.0601. The summed E-state index contributed by atoms with van der Waals surface area (Å²) in [5, 5.41) is 15.5. The maximum Gasteiger partial charge on any atom is 0.315 e. The molecule has 0 aromatic heterocycles. The van der Waals surface area contributed by atoms with Gasteiger partial charge in [0.2, 0.25) is 0 Å². The summed E-state index contributed by atoms with van der Waals surface area (Å²) in [7, 11) is 0. The number of benzene rings is 1. The third kappa shape index (κ3) is 3.97. The van der Waals surface area contributed by atoms with E-state index in [2.05, 4.69) is 34.9 Å². The van der Waals surface area contributed by atoms with Gasteiger partial charge in [-0.05, 0) is 49.5 Å². The van der Waals surface area contributed by atoms with E-state index in [1.807, 2.05) is 6.07 Å². The number of carbonyl (C=O) groups is 1. The molecule has 21 heavy (non-hydrogen) atoms. The number of hydrogen-bond acceptors (Lipinski definition) is 2. The molecule has 3 N–H and O–H groups in total. The normalized spacial score (nSPS) is 31.5. The van der Waals surface area contributed by atoms with Gasteiger partial charge in [-0.1, -0.05) is 30.3 Å². The molecule has 114 valence electrons. The summed E-state index contributed by atoms with van der Waals surface area (Å²) in [6.07, 6.45) is 4.34. The average molecular weight is 288 g/mol. The molecule has 1 aromatic carbocycles. The molecule has 4 heteroatoms. The van der Waals surface area contributed by atoms with Crippen LogP contribution in [0.4, 0.5) is 4.79 Å². The predicted octanol–water partition coefficient (Wildman–Crippen LogP) is 2.39. The highest BCUT2D eigenvalue weighted by atomic mass is 16.3. The van der Waals surface area contributed by atoms with E-state index < -0.39 is 0 Å². The van der Waals surface area contributed by atoms with Crippen LogP contribution in [-0.2, 0) is 0 Å². The lowest BCUT2D eigenvalue weighted by atomic mass is 9.93. The van der Waals surface area contributed by atoms with Crippen molar-refractivity contribution in [1.29, 1.82) is 0 Å². The molecule has 0 spiro atoms. The van der Waals surface area contributed by atoms with E-state index in [0.717, 1.165) is 32.2 Å². The van der Waals surface area contributed by atoms with E-state index in [1.165, 1.54) is 12.0 Å². The van der Waals surface area contributed by atoms with Gasteiger partial charge in [0.1, 0.15) is 0 Å². The SMILES string of the molecule is O=C(NCC1CC1c1ccccc1)NC1CCC(O)CC1. The van der Waals surface area contributed by atoms with E-state index in [0.29, 0.717) is 11.8 Å². The molecule has 2 amide bonds. The summed E-state index contributed by atoms with van der Waals surface area (Å²) in [6, 6.07) is 10.7. The molecule has 2 atom stereocenters. The molecule has 0 radical (unpaired) electrons. The lowest BCUT2D eigenvalue weighted by molar-refractivity contribution is 0.117. The Labute approximate surface area is 125 Å². The number of nitrogens with one attached hydrogen (secondary N) is 2. The molecule has 0 aliphatic heterocycles. The number of urea groups is 1. The Morgan fingerprint density at radius 1 is 1.14 bits per heavy atom. The summed E-state index contributed by atoms with van der Waals surface area (Å²) >= 11 is 0. The van der Waals surface area contributed by atoms with Crippen LogP contribution in [0.3, 0.4) is 0 Å². The first-order valence-electron chi connectivity index (χ1n) is 7.99. The molecule has 0 heterocycles. The molecule has 2 fully saturated rings. The van der Waals surface area contributed by atoms with E-state index in [1.54, 1.807) is 0 Å². The molecule has 2 aliphatic carbocycles. The first-order chi connectivity index (χ1) is 10.2. The highest BCUT2D eigenvalue weighted by Crippen LogP contribution is 2.46. The lowest BCUT2D eigenvalue weighted by Crippen LogP contribution is -2.44. The highest BCUT2D eigenvalue weighted by molar-refractivity contribution is 5.74. The molecule has 0 saturated heterocycles. The van der Waals surface area contributed by atoms with Crippen molar-refractivity contribution in [1.82, 2.24) is 10.6 Å². The number of carbonyl (C=O) groups excluding carboxylic acids is 1. The summed E-state index contributed by atoms with van der Waals surface area (Å²) in [5.74, 6) is 1.18. The van der Waals surface area contributed by atoms with Gasteiger partial charge in [0, 0.05) is 12.6 Å². The minimum atomic E-state index is -0.177. The largest absolute Gasteiger partial charge is 0.393 e. The molecule has 3 rings (SSSR count). The van der Waals surface area contributed by atoms with Gasteiger partial charge >= 0.3 is 6.03 Å². The molecule has 0 bridgehead atoms. The standard InChI is InChI=1S/C17H24N2O2/c20-15-8-6-14(7-9-15)19-17(21)18-11-13-10-16(13)12-4-2-1-3-5-12/h1-5,13-16,20H,6-11H2,(H2,18,19,21). The number of hydrogen-bond donors (Lipinski definition) is 3. The van der Waals surface area contributed by atoms with Gasteiger partial charge in [0.25, 0.3) is 0 Å². The van der Waals surface area contributed by atoms with Gasteiger partial charge in [0.05, 0.1) is 6.10 Å². The molecular weight excluding hydrogens is 264 g/mol. The quantitative estimate of drug-likeness (QED) is 0.796. The molecule has 1 aromatic rings. The second-order valence-corrected chi connectivity index (χ2v) is 6.37. The van der Waals surface area contributed by atoms with Crippen LogP contribution >= 0.6 is 0 Å². The summed E-state index contributed by atoms with van der Waals surface area (Å²) < 4.78 is 0. The fourth-order valence-electron chi connectivity index (χ4n) is 3.26. The van der Waals surface area contributed by atoms with Crippen LogP contribution < -0.4 is 10.6 Å². The number of amides is 2. The Morgan fingerprint density at radius 3 is 2.57 bits per heavy atom. The topological polar surface area (TPSA) is 61.4 Å². The zero-order valence-corrected chi connectivity index (χ0v) is 12.3. The van der Waals surface area contributed by atoms with Gasteiger partial charge in [-0.25, -0.2) is 4.79 Å². The summed E-state index contributed by atoms with van der Waals surface area (Å²) in [4.78, 5) is 11.9. The Morgan fingerprint density at radius 2 is 1.86 bits per heavy atom. The van der Waals surface area contributed by atoms with Crippen LogP contribution in [0.1, 0.15) is 43.6 Å². The average Bonchev–Trinajstić information content (AvgIpc) is 3.28. The van der Waals surface area contributed by atoms with E-state index in [9.17, 15) is 9.90 Å². The monoisotopic (exact) mass is 288 g/mol. The maximum atomic E-state index is 11.9. The van der Waals surface area contributed by atoms with Crippen LogP contribution in [0.5, 0.6) is 0 Å². The maximum absolute atomic E-state index is 11.9. The number of rotatable bonds is 4. The zero-order chi connectivity index (χ0) is 14.7. The molecular formula is C17H24N2O2. The zero-order valence-electron chi connectivity index (χ0n) is 12.3. The fourth-order valence-corrected chi connectivity index (χ4v) is 3.26. The Hall–Kier alpha value is -1.55. The second kappa shape index (κ2) is 6.48. The van der Waals surface area contributed by atoms with Crippen LogP contribution in [0, 0.1) is 5.92 Å². The number of aliphatic hydroxyl groups excluding tert-OH is 1. The third-order valence-corrected chi connectivity index (χ3v) is 4.71. The first-order valence-corrected chi connectivity index (χ1v) is 7.99. The van der Waals surface area contributed by atoms with Gasteiger partial charge in [-0.3, -0.25) is 0 Å². The highest BCUT2D eigenvalue weighted by Gasteiger charge is 2.38. The molecule has 4 nitrogen and oxygen atoms in total. The van der Waals surface area contributed by atoms with Gasteiger partial charge < -0.3 is 15.7 Å². The van der Waals surface area contributed by atoms with Crippen molar-refractivity contribution in [2.45, 2.75) is 50.2 Å². The van der Waals surface area contributed by atoms with Crippen molar-refractivity contribution < 1.29 is 9.90 Å². The minimum Gasteiger partial charge on any atom is -0.393 e. The van der Waals surface area contributed by atoms with Crippen LogP contribution in [-0.4, -0.2) is 29.8 Å². The Bertz CT molecular complexity index is 469. The van der Waals surface area contributed by atoms with E-state index in [4.69, 9.17) is 0 Å². The van der Waals surface area contributed by atoms with Gasteiger partial charge in [-0.2, -0.15) is 0 Å².